The molecule has 0 fully saturated rings. The van der Waals surface area contributed by atoms with E-state index >= 15 is 0 Å². The Morgan fingerprint density at radius 2 is 1.83 bits per heavy atom. The number of Topliss-reactive ketones (excluding diaryl/α,β-unsaturated/α-hetero) is 1. The largest absolute Gasteiger partial charge is 0.493 e. The van der Waals surface area contributed by atoms with Crippen LogP contribution in [0.25, 0.3) is 0 Å². The average molecular weight is 393 g/mol. The molecule has 150 valence electrons. The number of ether oxygens (including phenoxy) is 2. The minimum absolute atomic E-state index is 0.0698. The molecule has 1 amide bonds. The van der Waals surface area contributed by atoms with Crippen molar-refractivity contribution in [3.05, 3.63) is 65.4 Å². The molecule has 7 nitrogen and oxygen atoms in total. The lowest BCUT2D eigenvalue weighted by molar-refractivity contribution is -0.117. The summed E-state index contributed by atoms with van der Waals surface area (Å²) < 4.78 is 10.5. The molecule has 0 aromatic heterocycles. The fraction of sp³-hybridized carbons (Fsp3) is 0.227. The molecule has 1 atom stereocenters. The van der Waals surface area contributed by atoms with Gasteiger partial charge >= 0.3 is 0 Å². The summed E-state index contributed by atoms with van der Waals surface area (Å²) in [7, 11) is 3.08. The molecule has 0 aliphatic rings. The molecule has 0 saturated carbocycles. The van der Waals surface area contributed by atoms with Gasteiger partial charge in [-0.2, -0.15) is 5.26 Å². The third kappa shape index (κ3) is 5.59. The lowest BCUT2D eigenvalue weighted by Crippen LogP contribution is -2.28. The number of ketones is 1. The van der Waals surface area contributed by atoms with Crippen LogP contribution in [0.2, 0.25) is 0 Å². The summed E-state index contributed by atoms with van der Waals surface area (Å²) in [5.41, 5.74) is 1.85. The summed E-state index contributed by atoms with van der Waals surface area (Å²) in [5, 5.41) is 15.0. The van der Waals surface area contributed by atoms with Gasteiger partial charge in [0.2, 0.25) is 0 Å². The van der Waals surface area contributed by atoms with Gasteiger partial charge in [0.25, 0.3) is 5.91 Å². The highest BCUT2D eigenvalue weighted by atomic mass is 16.5. The van der Waals surface area contributed by atoms with Crippen LogP contribution in [0, 0.1) is 11.3 Å². The van der Waals surface area contributed by atoms with Crippen LogP contribution in [-0.4, -0.2) is 25.9 Å². The third-order valence-electron chi connectivity index (χ3n) is 4.27. The van der Waals surface area contributed by atoms with Gasteiger partial charge in [0.05, 0.1) is 20.3 Å². The first-order valence-electron chi connectivity index (χ1n) is 8.90. The monoisotopic (exact) mass is 393 g/mol. The Balaban J connectivity index is 2.11. The Kier molecular flexibility index (Phi) is 7.38. The summed E-state index contributed by atoms with van der Waals surface area (Å²) in [6.07, 6.45) is 1.32. The first-order valence-corrected chi connectivity index (χ1v) is 8.90. The Labute approximate surface area is 169 Å². The van der Waals surface area contributed by atoms with E-state index in [9.17, 15) is 14.9 Å². The predicted octanol–water partition coefficient (Wildman–Crippen LogP) is 3.60. The summed E-state index contributed by atoms with van der Waals surface area (Å²) in [6, 6.07) is 13.7. The van der Waals surface area contributed by atoms with E-state index in [1.165, 1.54) is 20.2 Å². The Morgan fingerprint density at radius 1 is 1.10 bits per heavy atom. The van der Waals surface area contributed by atoms with E-state index in [4.69, 9.17) is 9.47 Å². The molecule has 2 aromatic carbocycles. The molecule has 2 N–H and O–H groups in total. The standard InChI is InChI=1S/C22H23N3O4/c1-14(16-8-9-20(28-3)21(11-16)29-4)25-22(27)18(12-23)13-24-19-7-5-6-17(10-19)15(2)26/h5-11,13-14,24H,1-4H3,(H,25,27)/b18-13-. The van der Waals surface area contributed by atoms with Gasteiger partial charge < -0.3 is 20.1 Å². The average Bonchev–Trinajstić information content (AvgIpc) is 2.73. The van der Waals surface area contributed by atoms with Gasteiger partial charge in [-0.1, -0.05) is 18.2 Å². The van der Waals surface area contributed by atoms with E-state index in [2.05, 4.69) is 10.6 Å². The molecular formula is C22H23N3O4. The van der Waals surface area contributed by atoms with Crippen molar-refractivity contribution in [2.45, 2.75) is 19.9 Å². The smallest absolute Gasteiger partial charge is 0.263 e. The molecular weight excluding hydrogens is 370 g/mol. The van der Waals surface area contributed by atoms with Crippen molar-refractivity contribution in [2.75, 3.05) is 19.5 Å². The molecule has 0 saturated heterocycles. The quantitative estimate of drug-likeness (QED) is 0.404. The minimum atomic E-state index is -0.523. The van der Waals surface area contributed by atoms with Gasteiger partial charge in [-0.3, -0.25) is 9.59 Å². The second-order valence-corrected chi connectivity index (χ2v) is 6.26. The van der Waals surface area contributed by atoms with Crippen LogP contribution in [0.5, 0.6) is 11.5 Å². The molecule has 0 aliphatic carbocycles. The highest BCUT2D eigenvalue weighted by molar-refractivity contribution is 5.98. The van der Waals surface area contributed by atoms with Crippen LogP contribution in [0.1, 0.15) is 35.8 Å². The number of benzene rings is 2. The maximum absolute atomic E-state index is 12.5. The summed E-state index contributed by atoms with van der Waals surface area (Å²) in [4.78, 5) is 23.9. The van der Waals surface area contributed by atoms with Crippen LogP contribution in [0.3, 0.4) is 0 Å². The van der Waals surface area contributed by atoms with Crippen molar-refractivity contribution in [1.82, 2.24) is 5.32 Å². The van der Waals surface area contributed by atoms with Crippen LogP contribution in [-0.2, 0) is 4.79 Å². The lowest BCUT2D eigenvalue weighted by Gasteiger charge is -2.16. The van der Waals surface area contributed by atoms with E-state index in [1.807, 2.05) is 12.1 Å². The predicted molar refractivity (Wildman–Crippen MR) is 110 cm³/mol. The zero-order chi connectivity index (χ0) is 21.4. The molecule has 0 bridgehead atoms. The van der Waals surface area contributed by atoms with Crippen LogP contribution in [0.4, 0.5) is 5.69 Å². The molecule has 2 rings (SSSR count). The van der Waals surface area contributed by atoms with Crippen LogP contribution >= 0.6 is 0 Å². The molecule has 1 unspecified atom stereocenters. The van der Waals surface area contributed by atoms with Crippen molar-refractivity contribution in [2.24, 2.45) is 0 Å². The highest BCUT2D eigenvalue weighted by Gasteiger charge is 2.15. The Hall–Kier alpha value is -3.79. The fourth-order valence-corrected chi connectivity index (χ4v) is 2.61. The summed E-state index contributed by atoms with van der Waals surface area (Å²) >= 11 is 0. The molecule has 7 heteroatoms. The number of nitriles is 1. The molecule has 29 heavy (non-hydrogen) atoms. The molecule has 0 heterocycles. The number of carbonyl (C=O) groups excluding carboxylic acids is 2. The maximum Gasteiger partial charge on any atom is 0.263 e. The summed E-state index contributed by atoms with van der Waals surface area (Å²) in [6.45, 7) is 3.27. The van der Waals surface area contributed by atoms with Crippen molar-refractivity contribution in [1.29, 1.82) is 5.26 Å². The number of methoxy groups -OCH3 is 2. The second-order valence-electron chi connectivity index (χ2n) is 6.26. The van der Waals surface area contributed by atoms with E-state index in [1.54, 1.807) is 50.4 Å². The minimum Gasteiger partial charge on any atom is -0.493 e. The van der Waals surface area contributed by atoms with Crippen molar-refractivity contribution in [3.8, 4) is 17.6 Å². The third-order valence-corrected chi connectivity index (χ3v) is 4.27. The second kappa shape index (κ2) is 9.95. The van der Waals surface area contributed by atoms with Gasteiger partial charge in [0, 0.05) is 17.5 Å². The number of carbonyl (C=O) groups is 2. The van der Waals surface area contributed by atoms with Crippen LogP contribution < -0.4 is 20.1 Å². The highest BCUT2D eigenvalue weighted by Crippen LogP contribution is 2.29. The van der Waals surface area contributed by atoms with Gasteiger partial charge in [0.15, 0.2) is 17.3 Å². The SMILES string of the molecule is COc1ccc(C(C)NC(=O)/C(C#N)=C\Nc2cccc(C(C)=O)c2)cc1OC. The number of nitrogens with one attached hydrogen (secondary N) is 2. The van der Waals surface area contributed by atoms with E-state index in [0.717, 1.165) is 5.56 Å². The molecule has 0 aliphatic heterocycles. The lowest BCUT2D eigenvalue weighted by atomic mass is 10.1. The Morgan fingerprint density at radius 3 is 2.45 bits per heavy atom. The zero-order valence-electron chi connectivity index (χ0n) is 16.8. The number of hydrogen-bond acceptors (Lipinski definition) is 6. The first kappa shape index (κ1) is 21.5. The van der Waals surface area contributed by atoms with Crippen molar-refractivity contribution >= 4 is 17.4 Å². The van der Waals surface area contributed by atoms with Crippen molar-refractivity contribution in [3.63, 3.8) is 0 Å². The Bertz CT molecular complexity index is 976. The fourth-order valence-electron chi connectivity index (χ4n) is 2.61. The van der Waals surface area contributed by atoms with Gasteiger partial charge in [0.1, 0.15) is 11.6 Å². The topological polar surface area (TPSA) is 100 Å². The van der Waals surface area contributed by atoms with Gasteiger partial charge in [-0.15, -0.1) is 0 Å². The number of amides is 1. The van der Waals surface area contributed by atoms with Gasteiger partial charge in [-0.05, 0) is 43.7 Å². The first-order chi connectivity index (χ1) is 13.9. The van der Waals surface area contributed by atoms with Crippen LogP contribution in [0.15, 0.2) is 54.2 Å². The molecule has 2 aromatic rings. The number of rotatable bonds is 8. The zero-order valence-corrected chi connectivity index (χ0v) is 16.8. The van der Waals surface area contributed by atoms with Gasteiger partial charge in [-0.25, -0.2) is 0 Å². The normalized spacial score (nSPS) is 11.8. The number of hydrogen-bond donors (Lipinski definition) is 2. The summed E-state index contributed by atoms with van der Waals surface area (Å²) in [5.74, 6) is 0.545. The van der Waals surface area contributed by atoms with E-state index in [0.29, 0.717) is 22.7 Å². The molecule has 0 spiro atoms. The number of anilines is 1. The number of nitrogens with zero attached hydrogens (tertiary/aromatic N) is 1. The van der Waals surface area contributed by atoms with E-state index < -0.39 is 5.91 Å². The molecule has 0 radical (unpaired) electrons. The van der Waals surface area contributed by atoms with Crippen molar-refractivity contribution < 1.29 is 19.1 Å². The maximum atomic E-state index is 12.5. The van der Waals surface area contributed by atoms with E-state index in [-0.39, 0.29) is 17.4 Å².